The van der Waals surface area contributed by atoms with Crippen molar-refractivity contribution in [2.75, 3.05) is 13.6 Å². The van der Waals surface area contributed by atoms with Crippen LogP contribution in [0.3, 0.4) is 0 Å². The summed E-state index contributed by atoms with van der Waals surface area (Å²) in [6.45, 7) is 4.73. The standard InChI is InChI=1S/C11H21N3O2/c1-7(2)6-8(12)10(15)13-9-4-5-14(3)11(9)16/h7-9H,4-6,12H2,1-3H3,(H,13,15). The molecule has 0 aromatic rings. The van der Waals surface area contributed by atoms with E-state index in [1.807, 2.05) is 13.8 Å². The zero-order valence-corrected chi connectivity index (χ0v) is 10.2. The third-order valence-corrected chi connectivity index (χ3v) is 2.81. The molecule has 5 nitrogen and oxygen atoms in total. The van der Waals surface area contributed by atoms with Crippen LogP contribution in [0.25, 0.3) is 0 Å². The van der Waals surface area contributed by atoms with Gasteiger partial charge in [0.1, 0.15) is 6.04 Å². The Morgan fingerprint density at radius 1 is 1.62 bits per heavy atom. The molecule has 1 heterocycles. The minimum Gasteiger partial charge on any atom is -0.344 e. The maximum absolute atomic E-state index is 11.7. The molecular formula is C11H21N3O2. The minimum atomic E-state index is -0.515. The van der Waals surface area contributed by atoms with Crippen molar-refractivity contribution in [1.29, 1.82) is 0 Å². The lowest BCUT2D eigenvalue weighted by atomic mass is 10.0. The first-order valence-corrected chi connectivity index (χ1v) is 5.72. The van der Waals surface area contributed by atoms with Gasteiger partial charge in [-0.15, -0.1) is 0 Å². The van der Waals surface area contributed by atoms with E-state index in [4.69, 9.17) is 5.73 Å². The number of carbonyl (C=O) groups excluding carboxylic acids is 2. The molecule has 0 aromatic carbocycles. The maximum Gasteiger partial charge on any atom is 0.244 e. The van der Waals surface area contributed by atoms with Crippen molar-refractivity contribution in [3.05, 3.63) is 0 Å². The molecule has 1 fully saturated rings. The van der Waals surface area contributed by atoms with Gasteiger partial charge in [-0.05, 0) is 18.8 Å². The lowest BCUT2D eigenvalue weighted by Crippen LogP contribution is -2.48. The highest BCUT2D eigenvalue weighted by atomic mass is 16.2. The lowest BCUT2D eigenvalue weighted by molar-refractivity contribution is -0.132. The Kier molecular flexibility index (Phi) is 4.29. The van der Waals surface area contributed by atoms with Crippen molar-refractivity contribution in [2.45, 2.75) is 38.8 Å². The summed E-state index contributed by atoms with van der Waals surface area (Å²) in [6.07, 6.45) is 1.32. The molecule has 1 aliphatic heterocycles. The first kappa shape index (κ1) is 13.0. The average Bonchev–Trinajstić information content (AvgIpc) is 2.48. The van der Waals surface area contributed by atoms with Crippen LogP contribution in [0.4, 0.5) is 0 Å². The summed E-state index contributed by atoms with van der Waals surface area (Å²) in [5.74, 6) is 0.134. The van der Waals surface area contributed by atoms with Crippen LogP contribution in [0.2, 0.25) is 0 Å². The molecule has 3 N–H and O–H groups in total. The van der Waals surface area contributed by atoms with Gasteiger partial charge in [0.25, 0.3) is 0 Å². The Morgan fingerprint density at radius 2 is 2.25 bits per heavy atom. The first-order chi connectivity index (χ1) is 7.41. The van der Waals surface area contributed by atoms with Crippen LogP contribution >= 0.6 is 0 Å². The summed E-state index contributed by atoms with van der Waals surface area (Å²) >= 11 is 0. The number of nitrogens with one attached hydrogen (secondary N) is 1. The molecule has 92 valence electrons. The van der Waals surface area contributed by atoms with Crippen molar-refractivity contribution < 1.29 is 9.59 Å². The van der Waals surface area contributed by atoms with Crippen molar-refractivity contribution in [3.63, 3.8) is 0 Å². The predicted molar refractivity (Wildman–Crippen MR) is 61.6 cm³/mol. The van der Waals surface area contributed by atoms with Crippen LogP contribution in [0.15, 0.2) is 0 Å². The summed E-state index contributed by atoms with van der Waals surface area (Å²) in [6, 6.07) is -0.894. The zero-order chi connectivity index (χ0) is 12.3. The van der Waals surface area contributed by atoms with Gasteiger partial charge in [-0.2, -0.15) is 0 Å². The first-order valence-electron chi connectivity index (χ1n) is 5.72. The molecule has 5 heteroatoms. The number of hydrogen-bond acceptors (Lipinski definition) is 3. The molecule has 2 atom stereocenters. The number of hydrogen-bond donors (Lipinski definition) is 2. The van der Waals surface area contributed by atoms with Gasteiger partial charge >= 0.3 is 0 Å². The molecule has 0 bridgehead atoms. The Balaban J connectivity index is 2.42. The summed E-state index contributed by atoms with van der Waals surface area (Å²) in [4.78, 5) is 24.9. The molecule has 0 aromatic heterocycles. The van der Waals surface area contributed by atoms with Crippen LogP contribution in [0.5, 0.6) is 0 Å². The van der Waals surface area contributed by atoms with Gasteiger partial charge in [0.05, 0.1) is 6.04 Å². The monoisotopic (exact) mass is 227 g/mol. The molecule has 16 heavy (non-hydrogen) atoms. The average molecular weight is 227 g/mol. The second kappa shape index (κ2) is 5.30. The Bertz CT molecular complexity index is 278. The fourth-order valence-electron chi connectivity index (χ4n) is 1.85. The number of likely N-dealkylation sites (N-methyl/N-ethyl adjacent to an activating group) is 1. The fourth-order valence-corrected chi connectivity index (χ4v) is 1.85. The molecule has 0 spiro atoms. The molecule has 0 saturated carbocycles. The molecular weight excluding hydrogens is 206 g/mol. The van der Waals surface area contributed by atoms with Crippen LogP contribution in [0.1, 0.15) is 26.7 Å². The molecule has 0 aliphatic carbocycles. The Labute approximate surface area is 96.4 Å². The van der Waals surface area contributed by atoms with E-state index in [9.17, 15) is 9.59 Å². The van der Waals surface area contributed by atoms with Crippen LogP contribution in [-0.2, 0) is 9.59 Å². The van der Waals surface area contributed by atoms with Crippen molar-refractivity contribution in [2.24, 2.45) is 11.7 Å². The highest BCUT2D eigenvalue weighted by Crippen LogP contribution is 2.09. The molecule has 1 saturated heterocycles. The van der Waals surface area contributed by atoms with E-state index in [-0.39, 0.29) is 17.9 Å². The summed E-state index contributed by atoms with van der Waals surface area (Å²) < 4.78 is 0. The number of carbonyl (C=O) groups is 2. The van der Waals surface area contributed by atoms with E-state index in [0.717, 1.165) is 0 Å². The zero-order valence-electron chi connectivity index (χ0n) is 10.2. The number of nitrogens with zero attached hydrogens (tertiary/aromatic N) is 1. The maximum atomic E-state index is 11.7. The summed E-state index contributed by atoms with van der Waals surface area (Å²) in [5, 5.41) is 2.71. The van der Waals surface area contributed by atoms with E-state index in [2.05, 4.69) is 5.32 Å². The second-order valence-electron chi connectivity index (χ2n) is 4.85. The van der Waals surface area contributed by atoms with E-state index in [1.165, 1.54) is 0 Å². The van der Waals surface area contributed by atoms with E-state index in [1.54, 1.807) is 11.9 Å². The molecule has 2 unspecified atom stereocenters. The van der Waals surface area contributed by atoms with E-state index >= 15 is 0 Å². The summed E-state index contributed by atoms with van der Waals surface area (Å²) in [7, 11) is 1.74. The molecule has 0 radical (unpaired) electrons. The third kappa shape index (κ3) is 3.20. The number of rotatable bonds is 4. The normalized spacial score (nSPS) is 22.7. The van der Waals surface area contributed by atoms with Gasteiger partial charge in [0, 0.05) is 13.6 Å². The van der Waals surface area contributed by atoms with Gasteiger partial charge < -0.3 is 16.0 Å². The quantitative estimate of drug-likeness (QED) is 0.693. The second-order valence-corrected chi connectivity index (χ2v) is 4.85. The smallest absolute Gasteiger partial charge is 0.244 e. The van der Waals surface area contributed by atoms with Gasteiger partial charge in [-0.1, -0.05) is 13.8 Å². The third-order valence-electron chi connectivity index (χ3n) is 2.81. The van der Waals surface area contributed by atoms with Gasteiger partial charge in [0.15, 0.2) is 0 Å². The minimum absolute atomic E-state index is 0.0231. The van der Waals surface area contributed by atoms with E-state index < -0.39 is 6.04 Å². The molecule has 1 aliphatic rings. The molecule has 2 amide bonds. The SMILES string of the molecule is CC(C)CC(N)C(=O)NC1CCN(C)C1=O. The van der Waals surface area contributed by atoms with E-state index in [0.29, 0.717) is 25.3 Å². The topological polar surface area (TPSA) is 75.4 Å². The largest absolute Gasteiger partial charge is 0.344 e. The summed E-state index contributed by atoms with van der Waals surface area (Å²) in [5.41, 5.74) is 5.74. The van der Waals surface area contributed by atoms with Crippen LogP contribution in [0, 0.1) is 5.92 Å². The van der Waals surface area contributed by atoms with Gasteiger partial charge in [-0.3, -0.25) is 9.59 Å². The van der Waals surface area contributed by atoms with Crippen LogP contribution in [-0.4, -0.2) is 42.4 Å². The predicted octanol–water partition coefficient (Wildman–Crippen LogP) is -0.293. The van der Waals surface area contributed by atoms with Crippen molar-refractivity contribution in [3.8, 4) is 0 Å². The molecule has 1 rings (SSSR count). The highest BCUT2D eigenvalue weighted by Gasteiger charge is 2.31. The number of likely N-dealkylation sites (tertiary alicyclic amines) is 1. The van der Waals surface area contributed by atoms with Gasteiger partial charge in [-0.25, -0.2) is 0 Å². The number of nitrogens with two attached hydrogens (primary N) is 1. The van der Waals surface area contributed by atoms with Crippen molar-refractivity contribution in [1.82, 2.24) is 10.2 Å². The Morgan fingerprint density at radius 3 is 2.69 bits per heavy atom. The Hall–Kier alpha value is -1.10. The number of amides is 2. The van der Waals surface area contributed by atoms with Gasteiger partial charge in [0.2, 0.25) is 11.8 Å². The van der Waals surface area contributed by atoms with Crippen molar-refractivity contribution >= 4 is 11.8 Å². The van der Waals surface area contributed by atoms with Crippen LogP contribution < -0.4 is 11.1 Å². The fraction of sp³-hybridized carbons (Fsp3) is 0.818. The highest BCUT2D eigenvalue weighted by molar-refractivity contribution is 5.90. The lowest BCUT2D eigenvalue weighted by Gasteiger charge is -2.17.